The van der Waals surface area contributed by atoms with Crippen LogP contribution in [0.5, 0.6) is 0 Å². The van der Waals surface area contributed by atoms with E-state index in [9.17, 15) is 18.4 Å². The summed E-state index contributed by atoms with van der Waals surface area (Å²) in [6.45, 7) is 8.01. The highest BCUT2D eigenvalue weighted by Crippen LogP contribution is 2.33. The van der Waals surface area contributed by atoms with E-state index < -0.39 is 34.3 Å². The Hall–Kier alpha value is -3.35. The molecule has 1 N–H and O–H groups in total. The predicted octanol–water partition coefficient (Wildman–Crippen LogP) is 4.81. The average molecular weight is 440 g/mol. The van der Waals surface area contributed by atoms with E-state index in [4.69, 9.17) is 0 Å². The first-order valence-corrected chi connectivity index (χ1v) is 10.3. The van der Waals surface area contributed by atoms with Gasteiger partial charge >= 0.3 is 0 Å². The van der Waals surface area contributed by atoms with Crippen molar-refractivity contribution in [3.8, 4) is 0 Å². The number of hydrogen-bond acceptors (Lipinski definition) is 3. The molecule has 0 aliphatic carbocycles. The number of aryl methyl sites for hydroxylation is 1. The summed E-state index contributed by atoms with van der Waals surface area (Å²) in [7, 11) is 0. The molecule has 3 aromatic rings. The molecule has 7 heteroatoms. The normalized spacial score (nSPS) is 12.0. The molecule has 0 fully saturated rings. The van der Waals surface area contributed by atoms with E-state index in [1.165, 1.54) is 30.5 Å². The van der Waals surface area contributed by atoms with Crippen LogP contribution < -0.4 is 0 Å². The monoisotopic (exact) mass is 439 g/mol. The highest BCUT2D eigenvalue weighted by molar-refractivity contribution is 6.04. The van der Waals surface area contributed by atoms with Crippen molar-refractivity contribution in [2.45, 2.75) is 52.0 Å². The minimum atomic E-state index is -1.34. The van der Waals surface area contributed by atoms with Crippen LogP contribution in [0.4, 0.5) is 8.78 Å². The zero-order valence-corrected chi connectivity index (χ0v) is 18.9. The van der Waals surface area contributed by atoms with Gasteiger partial charge in [-0.1, -0.05) is 36.4 Å². The molecule has 0 aliphatic rings. The Labute approximate surface area is 186 Å². The number of aromatic amines is 1. The van der Waals surface area contributed by atoms with Crippen LogP contribution in [0.3, 0.4) is 0 Å². The molecular formula is C25H27F2N3O2. The van der Waals surface area contributed by atoms with Crippen LogP contribution in [0.15, 0.2) is 54.7 Å². The van der Waals surface area contributed by atoms with E-state index in [1.54, 1.807) is 58.9 Å². The highest BCUT2D eigenvalue weighted by atomic mass is 19.1. The fourth-order valence-electron chi connectivity index (χ4n) is 3.78. The highest BCUT2D eigenvalue weighted by Gasteiger charge is 2.44. The molecule has 32 heavy (non-hydrogen) atoms. The molecule has 0 saturated carbocycles. The molecular weight excluding hydrogens is 412 g/mol. The van der Waals surface area contributed by atoms with Crippen molar-refractivity contribution >= 4 is 11.8 Å². The zero-order chi connectivity index (χ0) is 23.7. The Bertz CT molecular complexity index is 1080. The van der Waals surface area contributed by atoms with E-state index in [0.717, 1.165) is 4.90 Å². The molecule has 0 unspecified atom stereocenters. The Balaban J connectivity index is 2.09. The van der Waals surface area contributed by atoms with Crippen LogP contribution >= 0.6 is 0 Å². The molecule has 3 rings (SSSR count). The number of benzene rings is 2. The van der Waals surface area contributed by atoms with Crippen molar-refractivity contribution in [1.82, 2.24) is 15.1 Å². The zero-order valence-electron chi connectivity index (χ0n) is 18.9. The third-order valence-electron chi connectivity index (χ3n) is 5.92. The predicted molar refractivity (Wildman–Crippen MR) is 118 cm³/mol. The number of nitrogens with one attached hydrogen (secondary N) is 1. The van der Waals surface area contributed by atoms with E-state index in [0.29, 0.717) is 11.3 Å². The number of H-pyrrole nitrogens is 1. The van der Waals surface area contributed by atoms with Crippen LogP contribution in [0.2, 0.25) is 0 Å². The first-order valence-electron chi connectivity index (χ1n) is 10.3. The summed E-state index contributed by atoms with van der Waals surface area (Å²) in [4.78, 5) is 28.6. The Kier molecular flexibility index (Phi) is 6.30. The maximum atomic E-state index is 14.6. The minimum absolute atomic E-state index is 0.0736. The molecule has 1 aromatic heterocycles. The van der Waals surface area contributed by atoms with Crippen LogP contribution in [0.25, 0.3) is 0 Å². The van der Waals surface area contributed by atoms with Gasteiger partial charge in [-0.2, -0.15) is 5.10 Å². The van der Waals surface area contributed by atoms with Crippen molar-refractivity contribution in [1.29, 1.82) is 0 Å². The van der Waals surface area contributed by atoms with Gasteiger partial charge < -0.3 is 0 Å². The first-order chi connectivity index (χ1) is 15.0. The van der Waals surface area contributed by atoms with Gasteiger partial charge in [0.25, 0.3) is 0 Å². The second kappa shape index (κ2) is 8.65. The number of aromatic nitrogens is 2. The van der Waals surface area contributed by atoms with Gasteiger partial charge in [-0.3, -0.25) is 19.6 Å². The van der Waals surface area contributed by atoms with Crippen molar-refractivity contribution in [2.75, 3.05) is 0 Å². The Morgan fingerprint density at radius 3 is 1.69 bits per heavy atom. The molecule has 2 amide bonds. The summed E-state index contributed by atoms with van der Waals surface area (Å²) in [5.41, 5.74) is -0.998. The third kappa shape index (κ3) is 4.20. The van der Waals surface area contributed by atoms with E-state index in [2.05, 4.69) is 10.2 Å². The van der Waals surface area contributed by atoms with Gasteiger partial charge in [-0.05, 0) is 46.8 Å². The van der Waals surface area contributed by atoms with Crippen LogP contribution in [-0.4, -0.2) is 26.9 Å². The van der Waals surface area contributed by atoms with Gasteiger partial charge in [0.15, 0.2) is 0 Å². The molecule has 0 aliphatic heterocycles. The van der Waals surface area contributed by atoms with Crippen LogP contribution in [0.1, 0.15) is 50.1 Å². The maximum absolute atomic E-state index is 14.6. The number of carbonyl (C=O) groups is 2. The van der Waals surface area contributed by atoms with Crippen molar-refractivity contribution in [2.24, 2.45) is 0 Å². The molecule has 0 spiro atoms. The molecule has 0 bridgehead atoms. The molecule has 168 valence electrons. The third-order valence-corrected chi connectivity index (χ3v) is 5.92. The van der Waals surface area contributed by atoms with Gasteiger partial charge in [-0.25, -0.2) is 8.78 Å². The van der Waals surface area contributed by atoms with Crippen LogP contribution in [0, 0.1) is 18.6 Å². The topological polar surface area (TPSA) is 66.1 Å². The number of halogens is 2. The Morgan fingerprint density at radius 2 is 1.31 bits per heavy atom. The lowest BCUT2D eigenvalue weighted by Crippen LogP contribution is -2.52. The van der Waals surface area contributed by atoms with Crippen molar-refractivity contribution in [3.63, 3.8) is 0 Å². The van der Waals surface area contributed by atoms with Crippen molar-refractivity contribution in [3.05, 3.63) is 88.7 Å². The van der Waals surface area contributed by atoms with Gasteiger partial charge in [-0.15, -0.1) is 0 Å². The SMILES string of the molecule is Cc1[nH]ncc1CN(C(=O)C(C)(C)c1ccccc1F)C(=O)C(C)(C)c1ccccc1F. The fourth-order valence-corrected chi connectivity index (χ4v) is 3.78. The molecule has 5 nitrogen and oxygen atoms in total. The Morgan fingerprint density at radius 1 is 0.875 bits per heavy atom. The minimum Gasteiger partial charge on any atom is -0.283 e. The van der Waals surface area contributed by atoms with E-state index >= 15 is 0 Å². The standard InChI is InChI=1S/C25H27F2N3O2/c1-16-17(14-28-29-16)15-30(22(31)24(2,3)18-10-6-8-12-20(18)26)23(32)25(4,5)19-11-7-9-13-21(19)27/h6-14H,15H2,1-5H3,(H,28,29). The summed E-state index contributed by atoms with van der Waals surface area (Å²) in [5, 5.41) is 6.76. The number of nitrogens with zero attached hydrogens (tertiary/aromatic N) is 2. The summed E-state index contributed by atoms with van der Waals surface area (Å²) >= 11 is 0. The number of rotatable bonds is 6. The second-order valence-corrected chi connectivity index (χ2v) is 8.93. The van der Waals surface area contributed by atoms with E-state index in [-0.39, 0.29) is 17.7 Å². The number of amides is 2. The lowest BCUT2D eigenvalue weighted by molar-refractivity contribution is -0.152. The van der Waals surface area contributed by atoms with E-state index in [1.807, 2.05) is 0 Å². The lowest BCUT2D eigenvalue weighted by Gasteiger charge is -2.36. The van der Waals surface area contributed by atoms with Gasteiger partial charge in [0.05, 0.1) is 23.6 Å². The van der Waals surface area contributed by atoms with Gasteiger partial charge in [0.2, 0.25) is 11.8 Å². The smallest absolute Gasteiger partial charge is 0.239 e. The molecule has 0 saturated heterocycles. The average Bonchev–Trinajstić information content (AvgIpc) is 3.15. The number of hydrogen-bond donors (Lipinski definition) is 1. The number of carbonyl (C=O) groups excluding carboxylic acids is 2. The molecule has 2 aromatic carbocycles. The summed E-state index contributed by atoms with van der Waals surface area (Å²) in [6, 6.07) is 12.0. The van der Waals surface area contributed by atoms with Crippen LogP contribution in [-0.2, 0) is 27.0 Å². The van der Waals surface area contributed by atoms with Crippen molar-refractivity contribution < 1.29 is 18.4 Å². The molecule has 0 radical (unpaired) electrons. The molecule has 1 heterocycles. The second-order valence-electron chi connectivity index (χ2n) is 8.93. The quantitative estimate of drug-likeness (QED) is 0.600. The fraction of sp³-hybridized carbons (Fsp3) is 0.320. The van der Waals surface area contributed by atoms with Gasteiger partial charge in [0.1, 0.15) is 11.6 Å². The number of imide groups is 1. The summed E-state index contributed by atoms with van der Waals surface area (Å²) in [5.74, 6) is -2.24. The largest absolute Gasteiger partial charge is 0.283 e. The molecule has 0 atom stereocenters. The summed E-state index contributed by atoms with van der Waals surface area (Å²) < 4.78 is 29.2. The maximum Gasteiger partial charge on any atom is 0.239 e. The lowest BCUT2D eigenvalue weighted by atomic mass is 9.79. The van der Waals surface area contributed by atoms with Gasteiger partial charge in [0, 0.05) is 22.4 Å². The first kappa shape index (κ1) is 23.3. The summed E-state index contributed by atoms with van der Waals surface area (Å²) in [6.07, 6.45) is 1.54.